The van der Waals surface area contributed by atoms with Crippen LogP contribution in [0, 0.1) is 5.92 Å². The maximum atomic E-state index is 9.60. The highest BCUT2D eigenvalue weighted by atomic mass is 32.2. The molecule has 0 aromatic rings. The predicted molar refractivity (Wildman–Crippen MR) is 84.7 cm³/mol. The lowest BCUT2D eigenvalue weighted by atomic mass is 10.0. The molecule has 0 aromatic heterocycles. The molecule has 1 rings (SSSR count). The molecule has 0 amide bonds. The molecule has 0 radical (unpaired) electrons. The Morgan fingerprint density at radius 2 is 1.95 bits per heavy atom. The zero-order chi connectivity index (χ0) is 14.6. The summed E-state index contributed by atoms with van der Waals surface area (Å²) in [5.74, 6) is 3.79. The van der Waals surface area contributed by atoms with Crippen LogP contribution >= 0.6 is 11.8 Å². The van der Waals surface area contributed by atoms with E-state index in [1.165, 1.54) is 50.3 Å². The molecular weight excluding hydrogens is 258 g/mol. The molecule has 0 atom stereocenters. The van der Waals surface area contributed by atoms with Crippen LogP contribution in [-0.2, 0) is 9.53 Å². The standard InChI is InChI=1S/C10H21NS.C5H10O2/c1-2-3-8-12-9-10-4-6-11-7-5-10;1-5(2,3)7-4-6/h10-11H,2-9H2,1H3;4H,1-3H3. The van der Waals surface area contributed by atoms with Crippen molar-refractivity contribution in [2.45, 2.75) is 59.0 Å². The molecule has 0 unspecified atom stereocenters. The summed E-state index contributed by atoms with van der Waals surface area (Å²) >= 11 is 2.16. The summed E-state index contributed by atoms with van der Waals surface area (Å²) in [7, 11) is 0. The quantitative estimate of drug-likeness (QED) is 0.600. The van der Waals surface area contributed by atoms with E-state index in [1.54, 1.807) is 0 Å². The highest BCUT2D eigenvalue weighted by Crippen LogP contribution is 2.18. The molecule has 0 spiro atoms. The van der Waals surface area contributed by atoms with Gasteiger partial charge in [-0.25, -0.2) is 0 Å². The number of carbonyl (C=O) groups excluding carboxylic acids is 1. The summed E-state index contributed by atoms with van der Waals surface area (Å²) in [5.41, 5.74) is -0.318. The van der Waals surface area contributed by atoms with Gasteiger partial charge in [0.1, 0.15) is 5.60 Å². The number of carbonyl (C=O) groups is 1. The second-order valence-corrected chi connectivity index (χ2v) is 7.10. The van der Waals surface area contributed by atoms with Gasteiger partial charge >= 0.3 is 0 Å². The molecule has 19 heavy (non-hydrogen) atoms. The molecule has 1 heterocycles. The molecule has 3 nitrogen and oxygen atoms in total. The fourth-order valence-electron chi connectivity index (χ4n) is 1.69. The van der Waals surface area contributed by atoms with Crippen molar-refractivity contribution in [3.63, 3.8) is 0 Å². The van der Waals surface area contributed by atoms with E-state index in [1.807, 2.05) is 20.8 Å². The molecule has 0 aliphatic carbocycles. The first-order valence-corrected chi connectivity index (χ1v) is 8.55. The van der Waals surface area contributed by atoms with Crippen LogP contribution in [0.3, 0.4) is 0 Å². The van der Waals surface area contributed by atoms with Crippen LogP contribution in [0.25, 0.3) is 0 Å². The molecule has 1 N–H and O–H groups in total. The monoisotopic (exact) mass is 289 g/mol. The molecular formula is C15H31NO2S. The van der Waals surface area contributed by atoms with Gasteiger partial charge < -0.3 is 10.1 Å². The highest BCUT2D eigenvalue weighted by molar-refractivity contribution is 7.99. The summed E-state index contributed by atoms with van der Waals surface area (Å²) in [5, 5.41) is 3.41. The number of hydrogen-bond acceptors (Lipinski definition) is 4. The molecule has 0 aromatic carbocycles. The van der Waals surface area contributed by atoms with Gasteiger partial charge in [-0.1, -0.05) is 13.3 Å². The number of ether oxygens (including phenoxy) is 1. The topological polar surface area (TPSA) is 38.3 Å². The third kappa shape index (κ3) is 14.0. The lowest BCUT2D eigenvalue weighted by Gasteiger charge is -2.21. The average molecular weight is 289 g/mol. The van der Waals surface area contributed by atoms with E-state index in [2.05, 4.69) is 28.7 Å². The third-order valence-electron chi connectivity index (χ3n) is 2.86. The molecule has 114 valence electrons. The Kier molecular flexibility index (Phi) is 11.5. The zero-order valence-electron chi connectivity index (χ0n) is 13.0. The lowest BCUT2D eigenvalue weighted by Crippen LogP contribution is -2.28. The SMILES string of the molecule is CC(C)(C)OC=O.CCCCSCC1CCNCC1. The number of piperidine rings is 1. The normalized spacial score (nSPS) is 16.4. The van der Waals surface area contributed by atoms with E-state index in [4.69, 9.17) is 0 Å². The molecule has 4 heteroatoms. The van der Waals surface area contributed by atoms with Gasteiger partial charge in [-0.15, -0.1) is 0 Å². The molecule has 1 saturated heterocycles. The van der Waals surface area contributed by atoms with E-state index in [9.17, 15) is 4.79 Å². The van der Waals surface area contributed by atoms with Crippen molar-refractivity contribution in [1.29, 1.82) is 0 Å². The summed E-state index contributed by atoms with van der Waals surface area (Å²) in [6, 6.07) is 0. The van der Waals surface area contributed by atoms with Crippen molar-refractivity contribution in [3.8, 4) is 0 Å². The molecule has 0 saturated carbocycles. The zero-order valence-corrected chi connectivity index (χ0v) is 13.9. The number of thioether (sulfide) groups is 1. The van der Waals surface area contributed by atoms with Gasteiger partial charge in [-0.05, 0) is 70.5 Å². The van der Waals surface area contributed by atoms with Crippen molar-refractivity contribution < 1.29 is 9.53 Å². The number of unbranched alkanes of at least 4 members (excludes halogenated alkanes) is 1. The van der Waals surface area contributed by atoms with Crippen molar-refractivity contribution in [1.82, 2.24) is 5.32 Å². The number of rotatable bonds is 6. The predicted octanol–water partition coefficient (Wildman–Crippen LogP) is 3.48. The minimum absolute atomic E-state index is 0.318. The van der Waals surface area contributed by atoms with Crippen molar-refractivity contribution in [2.24, 2.45) is 5.92 Å². The van der Waals surface area contributed by atoms with E-state index >= 15 is 0 Å². The average Bonchev–Trinajstić information content (AvgIpc) is 2.35. The van der Waals surface area contributed by atoms with E-state index < -0.39 is 0 Å². The maximum absolute atomic E-state index is 9.60. The fourth-order valence-corrected chi connectivity index (χ4v) is 3.02. The second-order valence-electron chi connectivity index (χ2n) is 5.95. The van der Waals surface area contributed by atoms with Crippen LogP contribution < -0.4 is 5.32 Å². The molecule has 1 fully saturated rings. The Hall–Kier alpha value is -0.220. The minimum Gasteiger partial charge on any atom is -0.462 e. The van der Waals surface area contributed by atoms with E-state index in [-0.39, 0.29) is 5.60 Å². The second kappa shape index (κ2) is 11.6. The van der Waals surface area contributed by atoms with Crippen LogP contribution in [0.4, 0.5) is 0 Å². The molecule has 0 bridgehead atoms. The van der Waals surface area contributed by atoms with E-state index in [0.717, 1.165) is 5.92 Å². The highest BCUT2D eigenvalue weighted by Gasteiger charge is 2.11. The Labute approximate surface area is 123 Å². The largest absolute Gasteiger partial charge is 0.462 e. The Morgan fingerprint density at radius 1 is 1.32 bits per heavy atom. The van der Waals surface area contributed by atoms with Crippen LogP contribution in [-0.4, -0.2) is 36.7 Å². The third-order valence-corrected chi connectivity index (χ3v) is 4.14. The first-order chi connectivity index (χ1) is 8.99. The fraction of sp³-hybridized carbons (Fsp3) is 0.933. The maximum Gasteiger partial charge on any atom is 0.293 e. The van der Waals surface area contributed by atoms with Crippen molar-refractivity contribution in [2.75, 3.05) is 24.6 Å². The number of nitrogens with one attached hydrogen (secondary N) is 1. The van der Waals surface area contributed by atoms with E-state index in [0.29, 0.717) is 6.47 Å². The Morgan fingerprint density at radius 3 is 2.37 bits per heavy atom. The summed E-state index contributed by atoms with van der Waals surface area (Å²) < 4.78 is 4.55. The van der Waals surface area contributed by atoms with Gasteiger partial charge in [0, 0.05) is 0 Å². The lowest BCUT2D eigenvalue weighted by molar-refractivity contribution is -0.138. The Balaban J connectivity index is 0.000000399. The van der Waals surface area contributed by atoms with Crippen LogP contribution in [0.15, 0.2) is 0 Å². The van der Waals surface area contributed by atoms with Crippen molar-refractivity contribution >= 4 is 18.2 Å². The molecule has 1 aliphatic rings. The summed E-state index contributed by atoms with van der Waals surface area (Å²) in [4.78, 5) is 9.60. The van der Waals surface area contributed by atoms with Crippen LogP contribution in [0.2, 0.25) is 0 Å². The van der Waals surface area contributed by atoms with Gasteiger partial charge in [0.2, 0.25) is 0 Å². The minimum atomic E-state index is -0.318. The van der Waals surface area contributed by atoms with Crippen LogP contribution in [0.1, 0.15) is 53.4 Å². The summed E-state index contributed by atoms with van der Waals surface area (Å²) in [6.07, 6.45) is 5.55. The van der Waals surface area contributed by atoms with Gasteiger partial charge in [-0.3, -0.25) is 4.79 Å². The van der Waals surface area contributed by atoms with Gasteiger partial charge in [0.05, 0.1) is 0 Å². The number of hydrogen-bond donors (Lipinski definition) is 1. The Bertz CT molecular complexity index is 211. The van der Waals surface area contributed by atoms with Crippen LogP contribution in [0.5, 0.6) is 0 Å². The molecule has 1 aliphatic heterocycles. The van der Waals surface area contributed by atoms with Gasteiger partial charge in [0.25, 0.3) is 6.47 Å². The van der Waals surface area contributed by atoms with Crippen molar-refractivity contribution in [3.05, 3.63) is 0 Å². The summed E-state index contributed by atoms with van der Waals surface area (Å²) in [6.45, 7) is 10.7. The van der Waals surface area contributed by atoms with Gasteiger partial charge in [-0.2, -0.15) is 11.8 Å². The first-order valence-electron chi connectivity index (χ1n) is 7.39. The van der Waals surface area contributed by atoms with Gasteiger partial charge in [0.15, 0.2) is 0 Å². The smallest absolute Gasteiger partial charge is 0.293 e. The first kappa shape index (κ1) is 18.8.